The molecule has 0 saturated carbocycles. The van der Waals surface area contributed by atoms with Crippen molar-refractivity contribution >= 4 is 27.8 Å². The molecule has 0 saturated heterocycles. The number of hydrogen-bond donors (Lipinski definition) is 2. The summed E-state index contributed by atoms with van der Waals surface area (Å²) in [5.41, 5.74) is 2.19. The van der Waals surface area contributed by atoms with E-state index >= 15 is 0 Å². The van der Waals surface area contributed by atoms with Crippen LogP contribution in [-0.2, 0) is 6.42 Å². The van der Waals surface area contributed by atoms with Gasteiger partial charge in [-0.2, -0.15) is 0 Å². The van der Waals surface area contributed by atoms with Crippen molar-refractivity contribution in [1.82, 2.24) is 0 Å². The fourth-order valence-electron chi connectivity index (χ4n) is 1.66. The second-order valence-corrected chi connectivity index (χ2v) is 5.05. The van der Waals surface area contributed by atoms with E-state index in [0.717, 1.165) is 16.5 Å². The predicted molar refractivity (Wildman–Crippen MR) is 80.5 cm³/mol. The number of aromatic hydroxyl groups is 2. The molecule has 2 aromatic rings. The molecule has 4 heteroatoms. The fourth-order valence-corrected chi connectivity index (χ4v) is 2.04. The number of phenols is 2. The molecule has 0 aliphatic carbocycles. The molecule has 0 bridgehead atoms. The van der Waals surface area contributed by atoms with Gasteiger partial charge < -0.3 is 10.2 Å². The molecule has 0 spiro atoms. The summed E-state index contributed by atoms with van der Waals surface area (Å²) in [6, 6.07) is 10.4. The van der Waals surface area contributed by atoms with Gasteiger partial charge in [0.25, 0.3) is 0 Å². The van der Waals surface area contributed by atoms with Gasteiger partial charge in [-0.3, -0.25) is 4.99 Å². The number of nitrogens with zero attached hydrogens (tertiary/aromatic N) is 1. The number of rotatable bonds is 3. The van der Waals surface area contributed by atoms with Gasteiger partial charge in [-0.15, -0.1) is 0 Å². The number of benzene rings is 2. The first-order valence-electron chi connectivity index (χ1n) is 5.94. The van der Waals surface area contributed by atoms with Gasteiger partial charge >= 0.3 is 0 Å². The number of phenolic OH excluding ortho intramolecular Hbond substituents is 2. The average molecular weight is 320 g/mol. The first kappa shape index (κ1) is 13.6. The van der Waals surface area contributed by atoms with E-state index in [1.807, 2.05) is 19.1 Å². The Morgan fingerprint density at radius 3 is 2.58 bits per heavy atom. The Hall–Kier alpha value is -1.81. The minimum Gasteiger partial charge on any atom is -0.507 e. The maximum Gasteiger partial charge on any atom is 0.141 e. The molecule has 0 aliphatic rings. The van der Waals surface area contributed by atoms with Crippen LogP contribution in [0, 0.1) is 0 Å². The Kier molecular flexibility index (Phi) is 4.22. The second-order valence-electron chi connectivity index (χ2n) is 4.14. The Labute approximate surface area is 120 Å². The zero-order valence-electron chi connectivity index (χ0n) is 10.5. The van der Waals surface area contributed by atoms with E-state index in [1.165, 1.54) is 6.21 Å². The van der Waals surface area contributed by atoms with Gasteiger partial charge in [-0.25, -0.2) is 0 Å². The van der Waals surface area contributed by atoms with E-state index in [1.54, 1.807) is 24.3 Å². The molecular formula is C15H14BrNO2. The first-order chi connectivity index (χ1) is 9.10. The lowest BCUT2D eigenvalue weighted by Crippen LogP contribution is -1.83. The van der Waals surface area contributed by atoms with Crippen molar-refractivity contribution in [3.8, 4) is 11.5 Å². The molecule has 0 radical (unpaired) electrons. The van der Waals surface area contributed by atoms with E-state index in [0.29, 0.717) is 11.3 Å². The molecule has 0 atom stereocenters. The van der Waals surface area contributed by atoms with E-state index in [-0.39, 0.29) is 11.5 Å². The predicted octanol–water partition coefficient (Wildman–Crippen LogP) is 4.17. The fraction of sp³-hybridized carbons (Fsp3) is 0.133. The summed E-state index contributed by atoms with van der Waals surface area (Å²) < 4.78 is 0.860. The summed E-state index contributed by atoms with van der Waals surface area (Å²) in [7, 11) is 0. The Morgan fingerprint density at radius 2 is 1.84 bits per heavy atom. The third-order valence-corrected chi connectivity index (χ3v) is 3.27. The quantitative estimate of drug-likeness (QED) is 0.834. The van der Waals surface area contributed by atoms with Crippen molar-refractivity contribution in [3.05, 3.63) is 52.0 Å². The molecule has 0 aromatic heterocycles. The lowest BCUT2D eigenvalue weighted by molar-refractivity contribution is 0.473. The topological polar surface area (TPSA) is 52.8 Å². The molecule has 0 fully saturated rings. The van der Waals surface area contributed by atoms with Crippen LogP contribution in [0.3, 0.4) is 0 Å². The lowest BCUT2D eigenvalue weighted by atomic mass is 10.1. The van der Waals surface area contributed by atoms with Crippen LogP contribution in [0.25, 0.3) is 0 Å². The average Bonchev–Trinajstić information content (AvgIpc) is 2.41. The van der Waals surface area contributed by atoms with Gasteiger partial charge in [0.1, 0.15) is 17.2 Å². The highest BCUT2D eigenvalue weighted by Crippen LogP contribution is 2.28. The molecule has 2 N–H and O–H groups in total. The number of halogens is 1. The molecule has 0 aliphatic heterocycles. The number of hydrogen-bond acceptors (Lipinski definition) is 3. The van der Waals surface area contributed by atoms with Crippen LogP contribution in [0.15, 0.2) is 45.9 Å². The lowest BCUT2D eigenvalue weighted by Gasteiger charge is -2.03. The third-order valence-electron chi connectivity index (χ3n) is 2.78. The molecule has 19 heavy (non-hydrogen) atoms. The highest BCUT2D eigenvalue weighted by molar-refractivity contribution is 9.10. The van der Waals surface area contributed by atoms with Crippen LogP contribution in [-0.4, -0.2) is 16.4 Å². The third kappa shape index (κ3) is 3.35. The van der Waals surface area contributed by atoms with Crippen molar-refractivity contribution in [2.45, 2.75) is 13.3 Å². The summed E-state index contributed by atoms with van der Waals surface area (Å²) in [4.78, 5) is 4.23. The standard InChI is InChI=1S/C15H14BrNO2/c1-2-10-3-5-15(19)13(7-10)17-9-11-8-12(16)4-6-14(11)18/h3-9,18-19H,2H2,1H3. The number of aliphatic imine (C=N–C) groups is 1. The first-order valence-corrected chi connectivity index (χ1v) is 6.74. The Morgan fingerprint density at radius 1 is 1.11 bits per heavy atom. The van der Waals surface area contributed by atoms with Crippen LogP contribution >= 0.6 is 15.9 Å². The molecule has 2 aromatic carbocycles. The minimum absolute atomic E-state index is 0.128. The minimum atomic E-state index is 0.128. The van der Waals surface area contributed by atoms with Crippen molar-refractivity contribution < 1.29 is 10.2 Å². The zero-order valence-corrected chi connectivity index (χ0v) is 12.1. The molecule has 98 valence electrons. The van der Waals surface area contributed by atoms with Crippen LogP contribution in [0.5, 0.6) is 11.5 Å². The largest absolute Gasteiger partial charge is 0.507 e. The van der Waals surface area contributed by atoms with E-state index in [9.17, 15) is 10.2 Å². The van der Waals surface area contributed by atoms with Gasteiger partial charge in [0, 0.05) is 16.3 Å². The molecule has 2 rings (SSSR count). The summed E-state index contributed by atoms with van der Waals surface area (Å²) in [6.07, 6.45) is 2.42. The summed E-state index contributed by atoms with van der Waals surface area (Å²) >= 11 is 3.34. The van der Waals surface area contributed by atoms with Gasteiger partial charge in [-0.1, -0.05) is 28.9 Å². The molecule has 0 unspecified atom stereocenters. The van der Waals surface area contributed by atoms with Gasteiger partial charge in [0.05, 0.1) is 0 Å². The van der Waals surface area contributed by atoms with Gasteiger partial charge in [0.15, 0.2) is 0 Å². The van der Waals surface area contributed by atoms with Gasteiger partial charge in [0.2, 0.25) is 0 Å². The maximum absolute atomic E-state index is 9.75. The summed E-state index contributed by atoms with van der Waals surface area (Å²) in [6.45, 7) is 2.04. The SMILES string of the molecule is CCc1ccc(O)c(N=Cc2cc(Br)ccc2O)c1. The van der Waals surface area contributed by atoms with E-state index in [2.05, 4.69) is 20.9 Å². The molecule has 0 amide bonds. The van der Waals surface area contributed by atoms with Crippen LogP contribution in [0.1, 0.15) is 18.1 Å². The van der Waals surface area contributed by atoms with Crippen LogP contribution in [0.2, 0.25) is 0 Å². The van der Waals surface area contributed by atoms with Crippen molar-refractivity contribution in [1.29, 1.82) is 0 Å². The smallest absolute Gasteiger partial charge is 0.141 e. The van der Waals surface area contributed by atoms with E-state index < -0.39 is 0 Å². The number of aryl methyl sites for hydroxylation is 1. The molecule has 3 nitrogen and oxygen atoms in total. The van der Waals surface area contributed by atoms with E-state index in [4.69, 9.17) is 0 Å². The highest BCUT2D eigenvalue weighted by atomic mass is 79.9. The summed E-state index contributed by atoms with van der Waals surface area (Å²) in [5, 5.41) is 19.5. The molecule has 0 heterocycles. The monoisotopic (exact) mass is 319 g/mol. The van der Waals surface area contributed by atoms with Crippen molar-refractivity contribution in [3.63, 3.8) is 0 Å². The van der Waals surface area contributed by atoms with Gasteiger partial charge in [-0.05, 0) is 42.3 Å². The van der Waals surface area contributed by atoms with Crippen molar-refractivity contribution in [2.75, 3.05) is 0 Å². The zero-order chi connectivity index (χ0) is 13.8. The second kappa shape index (κ2) is 5.89. The molecular weight excluding hydrogens is 306 g/mol. The maximum atomic E-state index is 9.75. The Bertz CT molecular complexity index is 624. The Balaban J connectivity index is 2.34. The summed E-state index contributed by atoms with van der Waals surface area (Å²) in [5.74, 6) is 0.279. The van der Waals surface area contributed by atoms with Crippen LogP contribution < -0.4 is 0 Å². The normalized spacial score (nSPS) is 11.1. The van der Waals surface area contributed by atoms with Crippen molar-refractivity contribution in [2.24, 2.45) is 4.99 Å². The highest BCUT2D eigenvalue weighted by Gasteiger charge is 2.02. The van der Waals surface area contributed by atoms with Crippen LogP contribution in [0.4, 0.5) is 5.69 Å².